The number of aliphatic carboxylic acids is 1. The van der Waals surface area contributed by atoms with Crippen LogP contribution in [-0.4, -0.2) is 47.9 Å². The first-order chi connectivity index (χ1) is 11.3. The van der Waals surface area contributed by atoms with Crippen molar-refractivity contribution in [2.45, 2.75) is 26.3 Å². The van der Waals surface area contributed by atoms with Crippen molar-refractivity contribution in [2.75, 3.05) is 18.1 Å². The number of nitrogens with zero attached hydrogens (tertiary/aromatic N) is 1. The molecule has 8 heteroatoms. The number of nitrogens with one attached hydrogen (secondary N) is 1. The Morgan fingerprint density at radius 3 is 2.71 bits per heavy atom. The van der Waals surface area contributed by atoms with Gasteiger partial charge >= 0.3 is 5.97 Å². The molecule has 8 nitrogen and oxygen atoms in total. The number of hydrogen-bond donors (Lipinski definition) is 2. The van der Waals surface area contributed by atoms with Gasteiger partial charge in [-0.25, -0.2) is 0 Å². The lowest BCUT2D eigenvalue weighted by Crippen LogP contribution is -2.43. The van der Waals surface area contributed by atoms with Crippen LogP contribution in [0.15, 0.2) is 18.2 Å². The molecule has 0 aliphatic carbocycles. The van der Waals surface area contributed by atoms with Crippen LogP contribution in [0.3, 0.4) is 0 Å². The highest BCUT2D eigenvalue weighted by molar-refractivity contribution is 6.01. The van der Waals surface area contributed by atoms with Crippen molar-refractivity contribution in [1.82, 2.24) is 5.32 Å². The number of fused-ring (bicyclic) bond motifs is 1. The number of benzene rings is 1. The van der Waals surface area contributed by atoms with Gasteiger partial charge in [-0.15, -0.1) is 0 Å². The third kappa shape index (κ3) is 3.89. The largest absolute Gasteiger partial charge is 0.482 e. The zero-order valence-electron chi connectivity index (χ0n) is 13.4. The van der Waals surface area contributed by atoms with Gasteiger partial charge in [0.15, 0.2) is 12.4 Å². The van der Waals surface area contributed by atoms with Gasteiger partial charge in [-0.2, -0.15) is 0 Å². The molecular formula is C16H18N2O6. The first-order valence-corrected chi connectivity index (χ1v) is 7.40. The molecule has 0 bridgehead atoms. The number of carboxylic acids is 1. The number of carbonyl (C=O) groups is 4. The summed E-state index contributed by atoms with van der Waals surface area (Å²) in [6, 6.07) is 3.76. The first kappa shape index (κ1) is 17.5. The molecule has 2 amide bonds. The quantitative estimate of drug-likeness (QED) is 0.736. The molecule has 1 heterocycles. The molecule has 1 atom stereocenters. The molecule has 0 aromatic heterocycles. The van der Waals surface area contributed by atoms with E-state index in [2.05, 4.69) is 5.32 Å². The van der Waals surface area contributed by atoms with Crippen molar-refractivity contribution in [1.29, 1.82) is 0 Å². The van der Waals surface area contributed by atoms with E-state index in [0.717, 1.165) is 0 Å². The van der Waals surface area contributed by atoms with Crippen LogP contribution in [0, 0.1) is 0 Å². The van der Waals surface area contributed by atoms with E-state index in [4.69, 9.17) is 9.84 Å². The number of hydrogen-bond acceptors (Lipinski definition) is 5. The minimum absolute atomic E-state index is 0.0624. The van der Waals surface area contributed by atoms with Crippen molar-refractivity contribution in [3.63, 3.8) is 0 Å². The molecule has 128 valence electrons. The zero-order chi connectivity index (χ0) is 17.9. The van der Waals surface area contributed by atoms with E-state index in [0.29, 0.717) is 17.0 Å². The van der Waals surface area contributed by atoms with Gasteiger partial charge in [-0.3, -0.25) is 19.2 Å². The normalized spacial score (nSPS) is 14.4. The van der Waals surface area contributed by atoms with Crippen molar-refractivity contribution in [3.8, 4) is 5.75 Å². The van der Waals surface area contributed by atoms with Crippen molar-refractivity contribution in [2.24, 2.45) is 0 Å². The molecular weight excluding hydrogens is 316 g/mol. The van der Waals surface area contributed by atoms with E-state index in [1.807, 2.05) is 0 Å². The van der Waals surface area contributed by atoms with Crippen molar-refractivity contribution in [3.05, 3.63) is 23.8 Å². The van der Waals surface area contributed by atoms with Gasteiger partial charge in [-0.05, 0) is 32.0 Å². The summed E-state index contributed by atoms with van der Waals surface area (Å²) in [6.07, 6.45) is -0.0624. The second-order valence-corrected chi connectivity index (χ2v) is 5.45. The Labute approximate surface area is 138 Å². The van der Waals surface area contributed by atoms with Crippen LogP contribution < -0.4 is 15.0 Å². The van der Waals surface area contributed by atoms with Crippen LogP contribution in [0.1, 0.15) is 30.6 Å². The minimum Gasteiger partial charge on any atom is -0.482 e. The highest BCUT2D eigenvalue weighted by atomic mass is 16.5. The summed E-state index contributed by atoms with van der Waals surface area (Å²) in [6.45, 7) is 2.68. The molecule has 24 heavy (non-hydrogen) atoms. The maximum Gasteiger partial charge on any atom is 0.325 e. The van der Waals surface area contributed by atoms with Gasteiger partial charge < -0.3 is 20.1 Å². The average molecular weight is 334 g/mol. The number of ketones is 1. The number of carboxylic acid groups (broad SMARTS) is 1. The number of rotatable bonds is 6. The summed E-state index contributed by atoms with van der Waals surface area (Å²) in [5.41, 5.74) is 0.860. The monoisotopic (exact) mass is 334 g/mol. The van der Waals surface area contributed by atoms with Gasteiger partial charge in [0, 0.05) is 18.5 Å². The maximum atomic E-state index is 12.1. The number of ether oxygens (including phenoxy) is 1. The molecule has 0 radical (unpaired) electrons. The Kier molecular flexibility index (Phi) is 5.18. The topological polar surface area (TPSA) is 113 Å². The molecule has 1 aliphatic heterocycles. The molecule has 0 saturated carbocycles. The van der Waals surface area contributed by atoms with Crippen molar-refractivity contribution < 1.29 is 29.0 Å². The van der Waals surface area contributed by atoms with Crippen LogP contribution in [0.5, 0.6) is 5.75 Å². The zero-order valence-corrected chi connectivity index (χ0v) is 13.4. The van der Waals surface area contributed by atoms with Gasteiger partial charge in [0.05, 0.1) is 5.69 Å². The van der Waals surface area contributed by atoms with Gasteiger partial charge in [0.25, 0.3) is 5.91 Å². The second-order valence-electron chi connectivity index (χ2n) is 5.45. The van der Waals surface area contributed by atoms with Crippen LogP contribution in [-0.2, 0) is 14.4 Å². The first-order valence-electron chi connectivity index (χ1n) is 7.40. The van der Waals surface area contributed by atoms with E-state index in [1.54, 1.807) is 18.2 Å². The van der Waals surface area contributed by atoms with Crippen molar-refractivity contribution >= 4 is 29.3 Å². The lowest BCUT2D eigenvalue weighted by molar-refractivity contribution is -0.141. The fourth-order valence-corrected chi connectivity index (χ4v) is 2.25. The summed E-state index contributed by atoms with van der Waals surface area (Å²) in [4.78, 5) is 47.5. The predicted octanol–water partition coefficient (Wildman–Crippen LogP) is 0.594. The molecule has 1 aliphatic rings. The Morgan fingerprint density at radius 1 is 1.38 bits per heavy atom. The summed E-state index contributed by atoms with van der Waals surface area (Å²) in [5.74, 6) is -1.64. The average Bonchev–Trinajstić information content (AvgIpc) is 2.53. The van der Waals surface area contributed by atoms with E-state index >= 15 is 0 Å². The highest BCUT2D eigenvalue weighted by Crippen LogP contribution is 2.33. The molecule has 2 N–H and O–H groups in total. The minimum atomic E-state index is -1.14. The Morgan fingerprint density at radius 2 is 2.08 bits per heavy atom. The van der Waals surface area contributed by atoms with Crippen LogP contribution in [0.4, 0.5) is 5.69 Å². The van der Waals surface area contributed by atoms with E-state index < -0.39 is 17.9 Å². The molecule has 2 rings (SSSR count). The molecule has 1 unspecified atom stereocenters. The van der Waals surface area contributed by atoms with Crippen LogP contribution >= 0.6 is 0 Å². The number of carbonyl (C=O) groups excluding carboxylic acids is 3. The van der Waals surface area contributed by atoms with Crippen LogP contribution in [0.2, 0.25) is 0 Å². The molecule has 1 aromatic carbocycles. The summed E-state index contributed by atoms with van der Waals surface area (Å²) in [5, 5.41) is 11.1. The SMILES string of the molecule is CC(=O)c1ccc2c(c1)N(CCC(=O)NC(C)C(=O)O)C(=O)CO2. The van der Waals surface area contributed by atoms with E-state index in [9.17, 15) is 19.2 Å². The third-order valence-corrected chi connectivity index (χ3v) is 3.62. The molecule has 0 spiro atoms. The molecule has 0 fully saturated rings. The Balaban J connectivity index is 2.12. The number of anilines is 1. The second kappa shape index (κ2) is 7.12. The third-order valence-electron chi connectivity index (χ3n) is 3.62. The Bertz CT molecular complexity index is 700. The van der Waals surface area contributed by atoms with Crippen LogP contribution in [0.25, 0.3) is 0 Å². The fraction of sp³-hybridized carbons (Fsp3) is 0.375. The standard InChI is InChI=1S/C16H18N2O6/c1-9(16(22)23)17-14(20)5-6-18-12-7-11(10(2)19)3-4-13(12)24-8-15(18)21/h3-4,7,9H,5-6,8H2,1-2H3,(H,17,20)(H,22,23). The van der Waals surface area contributed by atoms with E-state index in [-0.39, 0.29) is 31.3 Å². The fourth-order valence-electron chi connectivity index (χ4n) is 2.25. The predicted molar refractivity (Wildman–Crippen MR) is 84.2 cm³/mol. The number of Topliss-reactive ketones (excluding diaryl/α,β-unsaturated/α-hetero) is 1. The highest BCUT2D eigenvalue weighted by Gasteiger charge is 2.27. The summed E-state index contributed by atoms with van der Waals surface area (Å²) >= 11 is 0. The molecule has 1 aromatic rings. The lowest BCUT2D eigenvalue weighted by Gasteiger charge is -2.29. The van der Waals surface area contributed by atoms with Gasteiger partial charge in [-0.1, -0.05) is 0 Å². The summed E-state index contributed by atoms with van der Waals surface area (Å²) < 4.78 is 5.32. The smallest absolute Gasteiger partial charge is 0.325 e. The lowest BCUT2D eigenvalue weighted by atomic mass is 10.1. The molecule has 0 saturated heterocycles. The van der Waals surface area contributed by atoms with Gasteiger partial charge in [0.2, 0.25) is 5.91 Å². The maximum absolute atomic E-state index is 12.1. The van der Waals surface area contributed by atoms with Gasteiger partial charge in [0.1, 0.15) is 11.8 Å². The number of amides is 2. The van der Waals surface area contributed by atoms with E-state index in [1.165, 1.54) is 18.7 Å². The summed E-state index contributed by atoms with van der Waals surface area (Å²) in [7, 11) is 0. The Hall–Kier alpha value is -2.90.